The number of carbonyl (C=O) groups excluding carboxylic acids is 1. The Balaban J connectivity index is 1.56. The normalized spacial score (nSPS) is 15.2. The van der Waals surface area contributed by atoms with Crippen LogP contribution in [0.25, 0.3) is 0 Å². The molecule has 0 aromatic heterocycles. The van der Waals surface area contributed by atoms with Crippen molar-refractivity contribution in [1.82, 2.24) is 4.90 Å². The Morgan fingerprint density at radius 2 is 1.55 bits per heavy atom. The third kappa shape index (κ3) is 5.35. The molecule has 1 heterocycles. The Kier molecular flexibility index (Phi) is 6.96. The molecule has 0 radical (unpaired) electrons. The van der Waals surface area contributed by atoms with Crippen LogP contribution in [0.15, 0.2) is 72.8 Å². The second kappa shape index (κ2) is 10.1. The Morgan fingerprint density at radius 3 is 2.15 bits per heavy atom. The van der Waals surface area contributed by atoms with Crippen LogP contribution >= 0.6 is 11.6 Å². The maximum Gasteiger partial charge on any atom is 0.337 e. The van der Waals surface area contributed by atoms with E-state index < -0.39 is 5.97 Å². The van der Waals surface area contributed by atoms with Crippen molar-refractivity contribution in [1.29, 1.82) is 0 Å². The summed E-state index contributed by atoms with van der Waals surface area (Å²) in [4.78, 5) is 27.8. The van der Waals surface area contributed by atoms with Gasteiger partial charge < -0.3 is 15.3 Å². The summed E-state index contributed by atoms with van der Waals surface area (Å²) in [5.74, 6) is -1.25. The lowest BCUT2D eigenvalue weighted by atomic mass is 9.96. The van der Waals surface area contributed by atoms with Gasteiger partial charge in [-0.25, -0.2) is 4.79 Å². The summed E-state index contributed by atoms with van der Waals surface area (Å²) in [6.45, 7) is 4.33. The molecule has 1 atom stereocenters. The number of amides is 1. The van der Waals surface area contributed by atoms with Gasteiger partial charge in [-0.1, -0.05) is 54.1 Å². The fourth-order valence-corrected chi connectivity index (χ4v) is 4.51. The van der Waals surface area contributed by atoms with Gasteiger partial charge in [0.1, 0.15) is 0 Å². The minimum absolute atomic E-state index is 0.0895. The second-order valence-corrected chi connectivity index (χ2v) is 8.54. The van der Waals surface area contributed by atoms with Gasteiger partial charge in [0.15, 0.2) is 0 Å². The van der Waals surface area contributed by atoms with Crippen molar-refractivity contribution < 1.29 is 14.7 Å². The highest BCUT2D eigenvalue weighted by molar-refractivity contribution is 6.30. The Morgan fingerprint density at radius 1 is 0.909 bits per heavy atom. The molecule has 0 bridgehead atoms. The van der Waals surface area contributed by atoms with E-state index in [4.69, 9.17) is 11.6 Å². The highest BCUT2D eigenvalue weighted by Crippen LogP contribution is 2.32. The average Bonchev–Trinajstić information content (AvgIpc) is 2.81. The molecule has 0 spiro atoms. The number of halogens is 1. The van der Waals surface area contributed by atoms with Crippen molar-refractivity contribution in [2.75, 3.05) is 36.4 Å². The summed E-state index contributed by atoms with van der Waals surface area (Å²) in [5.41, 5.74) is 3.71. The van der Waals surface area contributed by atoms with Crippen molar-refractivity contribution in [3.63, 3.8) is 0 Å². The molecule has 1 aliphatic rings. The van der Waals surface area contributed by atoms with Gasteiger partial charge in [-0.05, 0) is 41.5 Å². The number of carboxylic acids is 1. The van der Waals surface area contributed by atoms with Crippen molar-refractivity contribution in [2.24, 2.45) is 0 Å². The third-order valence-corrected chi connectivity index (χ3v) is 6.12. The molecule has 0 aliphatic carbocycles. The quantitative estimate of drug-likeness (QED) is 0.543. The summed E-state index contributed by atoms with van der Waals surface area (Å²) in [6.07, 6.45) is 0. The molecular formula is C26H26ClN3O3. The first-order valence-electron chi connectivity index (χ1n) is 10.9. The molecule has 0 unspecified atom stereocenters. The van der Waals surface area contributed by atoms with E-state index in [1.807, 2.05) is 30.3 Å². The smallest absolute Gasteiger partial charge is 0.337 e. The summed E-state index contributed by atoms with van der Waals surface area (Å²) in [5, 5.41) is 13.1. The second-order valence-electron chi connectivity index (χ2n) is 8.11. The van der Waals surface area contributed by atoms with E-state index in [2.05, 4.69) is 39.4 Å². The van der Waals surface area contributed by atoms with E-state index in [-0.39, 0.29) is 17.5 Å². The number of carboxylic acid groups (broad SMARTS) is 1. The molecule has 1 aliphatic heterocycles. The van der Waals surface area contributed by atoms with E-state index in [1.165, 1.54) is 24.1 Å². The number of anilines is 2. The minimum atomic E-state index is -1.01. The molecule has 2 N–H and O–H groups in total. The summed E-state index contributed by atoms with van der Waals surface area (Å²) >= 11 is 6.12. The molecular weight excluding hydrogens is 438 g/mol. The Labute approximate surface area is 198 Å². The van der Waals surface area contributed by atoms with Crippen molar-refractivity contribution in [3.8, 4) is 0 Å². The molecule has 3 aromatic carbocycles. The van der Waals surface area contributed by atoms with E-state index in [0.717, 1.165) is 13.1 Å². The number of benzene rings is 3. The first-order chi connectivity index (χ1) is 15.9. The zero-order chi connectivity index (χ0) is 23.4. The highest BCUT2D eigenvalue weighted by Gasteiger charge is 2.28. The summed E-state index contributed by atoms with van der Waals surface area (Å²) in [7, 11) is 0. The highest BCUT2D eigenvalue weighted by atomic mass is 35.5. The fraction of sp³-hybridized carbons (Fsp3) is 0.231. The fourth-order valence-electron chi connectivity index (χ4n) is 4.38. The number of hydrogen-bond donors (Lipinski definition) is 2. The number of carbonyl (C=O) groups is 2. The van der Waals surface area contributed by atoms with Crippen LogP contribution in [0.2, 0.25) is 5.02 Å². The van der Waals surface area contributed by atoms with Crippen LogP contribution in [0.5, 0.6) is 0 Å². The minimum Gasteiger partial charge on any atom is -0.478 e. The zero-order valence-corrected chi connectivity index (χ0v) is 19.1. The molecule has 6 nitrogen and oxygen atoms in total. The first kappa shape index (κ1) is 22.8. The van der Waals surface area contributed by atoms with Crippen LogP contribution < -0.4 is 10.2 Å². The molecule has 33 heavy (non-hydrogen) atoms. The lowest BCUT2D eigenvalue weighted by molar-refractivity contribution is -0.114. The maximum atomic E-state index is 11.9. The number of hydrogen-bond acceptors (Lipinski definition) is 4. The van der Waals surface area contributed by atoms with E-state index >= 15 is 0 Å². The van der Waals surface area contributed by atoms with Crippen LogP contribution in [-0.2, 0) is 4.79 Å². The molecule has 1 amide bonds. The Bertz CT molecular complexity index is 1130. The largest absolute Gasteiger partial charge is 0.478 e. The van der Waals surface area contributed by atoms with Gasteiger partial charge >= 0.3 is 5.97 Å². The SMILES string of the molecule is CC(=O)Nc1ccc(N2CCN([C@H](c3ccccc3)c3ccc(Cl)cc3)CC2)c(C(=O)O)c1. The van der Waals surface area contributed by atoms with Crippen molar-refractivity contribution in [3.05, 3.63) is 94.5 Å². The number of aromatic carboxylic acids is 1. The Hall–Kier alpha value is -3.35. The summed E-state index contributed by atoms with van der Waals surface area (Å²) in [6, 6.07) is 23.5. The van der Waals surface area contributed by atoms with Gasteiger partial charge in [0.2, 0.25) is 5.91 Å². The van der Waals surface area contributed by atoms with Crippen LogP contribution in [0.4, 0.5) is 11.4 Å². The van der Waals surface area contributed by atoms with E-state index in [0.29, 0.717) is 29.5 Å². The van der Waals surface area contributed by atoms with Crippen molar-refractivity contribution in [2.45, 2.75) is 13.0 Å². The van der Waals surface area contributed by atoms with Crippen LogP contribution in [0.3, 0.4) is 0 Å². The van der Waals surface area contributed by atoms with E-state index in [1.54, 1.807) is 12.1 Å². The molecule has 4 rings (SSSR count). The molecule has 7 heteroatoms. The van der Waals surface area contributed by atoms with Crippen molar-refractivity contribution >= 4 is 34.9 Å². The zero-order valence-electron chi connectivity index (χ0n) is 18.4. The number of rotatable bonds is 6. The van der Waals surface area contributed by atoms with Gasteiger partial charge in [-0.15, -0.1) is 0 Å². The number of nitrogens with zero attached hydrogens (tertiary/aromatic N) is 2. The van der Waals surface area contributed by atoms with Crippen LogP contribution in [0, 0.1) is 0 Å². The molecule has 0 saturated carbocycles. The molecule has 1 saturated heterocycles. The van der Waals surface area contributed by atoms with Gasteiger partial charge in [0.05, 0.1) is 17.3 Å². The summed E-state index contributed by atoms with van der Waals surface area (Å²) < 4.78 is 0. The predicted molar refractivity (Wildman–Crippen MR) is 131 cm³/mol. The predicted octanol–water partition coefficient (Wildman–Crippen LogP) is 4.91. The lowest BCUT2D eigenvalue weighted by Gasteiger charge is -2.41. The first-order valence-corrected chi connectivity index (χ1v) is 11.2. The van der Waals surface area contributed by atoms with Crippen LogP contribution in [-0.4, -0.2) is 48.1 Å². The molecule has 170 valence electrons. The van der Waals surface area contributed by atoms with Gasteiger partial charge in [-0.2, -0.15) is 0 Å². The number of nitrogens with one attached hydrogen (secondary N) is 1. The molecule has 1 fully saturated rings. The van der Waals surface area contributed by atoms with Gasteiger partial charge in [0.25, 0.3) is 0 Å². The van der Waals surface area contributed by atoms with E-state index in [9.17, 15) is 14.7 Å². The van der Waals surface area contributed by atoms with Gasteiger partial charge in [0, 0.05) is 43.8 Å². The number of piperazine rings is 1. The van der Waals surface area contributed by atoms with Crippen LogP contribution in [0.1, 0.15) is 34.5 Å². The average molecular weight is 464 g/mol. The monoisotopic (exact) mass is 463 g/mol. The third-order valence-electron chi connectivity index (χ3n) is 5.87. The van der Waals surface area contributed by atoms with Gasteiger partial charge in [-0.3, -0.25) is 9.69 Å². The topological polar surface area (TPSA) is 72.9 Å². The maximum absolute atomic E-state index is 11.9. The molecule has 3 aromatic rings. The standard InChI is InChI=1S/C26H26ClN3O3/c1-18(31)28-22-11-12-24(23(17-22)26(32)33)29-13-15-30(16-14-29)25(19-5-3-2-4-6-19)20-7-9-21(27)10-8-20/h2-12,17,25H,13-16H2,1H3,(H,28,31)(H,32,33)/t25-/m1/s1. The lowest BCUT2D eigenvalue weighted by Crippen LogP contribution is -2.48.